The Kier molecular flexibility index (Phi) is 53.8. The summed E-state index contributed by atoms with van der Waals surface area (Å²) in [7, 11) is 0. The first kappa shape index (κ1) is 64.8. The molecule has 0 bridgehead atoms. The minimum Gasteiger partial charge on any atom is -0.462 e. The third-order valence-corrected chi connectivity index (χ3v) is 12.4. The van der Waals surface area contributed by atoms with Crippen molar-refractivity contribution in [2.75, 3.05) is 13.2 Å². The van der Waals surface area contributed by atoms with Crippen LogP contribution in [0.15, 0.2) is 72.9 Å². The van der Waals surface area contributed by atoms with Crippen molar-refractivity contribution >= 4 is 17.9 Å². The second kappa shape index (κ2) is 56.4. The number of allylic oxidation sites excluding steroid dienone is 12. The molecule has 0 aromatic carbocycles. The second-order valence-corrected chi connectivity index (χ2v) is 19.2. The predicted octanol–water partition coefficient (Wildman–Crippen LogP) is 19.4. The first-order valence-electron chi connectivity index (χ1n) is 28.9. The molecular weight excluding hydrogens is 841 g/mol. The van der Waals surface area contributed by atoms with Crippen molar-refractivity contribution in [3.63, 3.8) is 0 Å². The average Bonchev–Trinajstić information content (AvgIpc) is 3.34. The molecular formula is C62H108O6. The third-order valence-electron chi connectivity index (χ3n) is 12.4. The van der Waals surface area contributed by atoms with Crippen LogP contribution in [0.2, 0.25) is 0 Å². The Bertz CT molecular complexity index is 1270. The summed E-state index contributed by atoms with van der Waals surface area (Å²) >= 11 is 0. The van der Waals surface area contributed by atoms with E-state index in [1.165, 1.54) is 148 Å². The van der Waals surface area contributed by atoms with Crippen LogP contribution in [-0.2, 0) is 28.6 Å². The highest BCUT2D eigenvalue weighted by Crippen LogP contribution is 2.15. The lowest BCUT2D eigenvalue weighted by Gasteiger charge is -2.18. The van der Waals surface area contributed by atoms with Gasteiger partial charge in [-0.2, -0.15) is 0 Å². The molecule has 6 nitrogen and oxygen atoms in total. The zero-order valence-electron chi connectivity index (χ0n) is 44.9. The van der Waals surface area contributed by atoms with Crippen LogP contribution in [0.25, 0.3) is 0 Å². The largest absolute Gasteiger partial charge is 0.462 e. The fraction of sp³-hybridized carbons (Fsp3) is 0.758. The number of ether oxygens (including phenoxy) is 3. The minimum atomic E-state index is -0.778. The summed E-state index contributed by atoms with van der Waals surface area (Å²) in [4.78, 5) is 37.9. The van der Waals surface area contributed by atoms with Gasteiger partial charge in [-0.3, -0.25) is 14.4 Å². The fourth-order valence-electron chi connectivity index (χ4n) is 8.11. The number of hydrogen-bond acceptors (Lipinski definition) is 6. The van der Waals surface area contributed by atoms with E-state index in [2.05, 4.69) is 93.7 Å². The molecule has 0 spiro atoms. The van der Waals surface area contributed by atoms with Crippen molar-refractivity contribution in [2.24, 2.45) is 0 Å². The van der Waals surface area contributed by atoms with E-state index in [9.17, 15) is 14.4 Å². The Morgan fingerprint density at radius 1 is 0.309 bits per heavy atom. The highest BCUT2D eigenvalue weighted by Gasteiger charge is 2.19. The van der Waals surface area contributed by atoms with Gasteiger partial charge in [-0.1, -0.05) is 248 Å². The maximum absolute atomic E-state index is 12.8. The maximum atomic E-state index is 12.8. The quantitative estimate of drug-likeness (QED) is 0.0262. The second-order valence-electron chi connectivity index (χ2n) is 19.2. The molecule has 0 N–H and O–H groups in total. The lowest BCUT2D eigenvalue weighted by Crippen LogP contribution is -2.30. The van der Waals surface area contributed by atoms with Gasteiger partial charge in [0.05, 0.1) is 0 Å². The van der Waals surface area contributed by atoms with Crippen molar-refractivity contribution < 1.29 is 28.6 Å². The van der Waals surface area contributed by atoms with Crippen LogP contribution in [0.3, 0.4) is 0 Å². The van der Waals surface area contributed by atoms with E-state index in [0.29, 0.717) is 19.3 Å². The summed E-state index contributed by atoms with van der Waals surface area (Å²) in [6, 6.07) is 0. The van der Waals surface area contributed by atoms with E-state index in [-0.39, 0.29) is 31.1 Å². The molecule has 0 aromatic heterocycles. The van der Waals surface area contributed by atoms with Gasteiger partial charge < -0.3 is 14.2 Å². The van der Waals surface area contributed by atoms with E-state index >= 15 is 0 Å². The zero-order chi connectivity index (χ0) is 49.3. The Labute approximate surface area is 421 Å². The van der Waals surface area contributed by atoms with Gasteiger partial charge in [-0.15, -0.1) is 0 Å². The van der Waals surface area contributed by atoms with E-state index in [1.807, 2.05) is 0 Å². The van der Waals surface area contributed by atoms with Gasteiger partial charge >= 0.3 is 17.9 Å². The molecule has 0 aromatic rings. The van der Waals surface area contributed by atoms with E-state index in [1.54, 1.807) is 0 Å². The molecule has 0 aliphatic carbocycles. The van der Waals surface area contributed by atoms with Crippen LogP contribution in [0.5, 0.6) is 0 Å². The van der Waals surface area contributed by atoms with E-state index < -0.39 is 6.10 Å². The Hall–Kier alpha value is -3.15. The van der Waals surface area contributed by atoms with Crippen molar-refractivity contribution in [3.8, 4) is 0 Å². The van der Waals surface area contributed by atoms with Crippen LogP contribution in [0.4, 0.5) is 0 Å². The summed E-state index contributed by atoms with van der Waals surface area (Å²) in [5.41, 5.74) is 0. The summed E-state index contributed by atoms with van der Waals surface area (Å²) in [6.07, 6.45) is 72.2. The monoisotopic (exact) mass is 949 g/mol. The van der Waals surface area contributed by atoms with Crippen molar-refractivity contribution in [2.45, 2.75) is 290 Å². The molecule has 68 heavy (non-hydrogen) atoms. The third kappa shape index (κ3) is 53.8. The lowest BCUT2D eigenvalue weighted by molar-refractivity contribution is -0.167. The number of unbranched alkanes of at least 4 members (excludes halogenated alkanes) is 29. The van der Waals surface area contributed by atoms with E-state index in [0.717, 1.165) is 96.3 Å². The van der Waals surface area contributed by atoms with Gasteiger partial charge in [0, 0.05) is 19.3 Å². The van der Waals surface area contributed by atoms with Gasteiger partial charge in [0.25, 0.3) is 0 Å². The molecule has 392 valence electrons. The minimum absolute atomic E-state index is 0.0792. The molecule has 0 aliphatic heterocycles. The predicted molar refractivity (Wildman–Crippen MR) is 293 cm³/mol. The van der Waals surface area contributed by atoms with Crippen LogP contribution in [0.1, 0.15) is 284 Å². The molecule has 0 rings (SSSR count). The summed E-state index contributed by atoms with van der Waals surface area (Å²) < 4.78 is 16.7. The van der Waals surface area contributed by atoms with Crippen molar-refractivity contribution in [1.82, 2.24) is 0 Å². The van der Waals surface area contributed by atoms with E-state index in [4.69, 9.17) is 14.2 Å². The fourth-order valence-corrected chi connectivity index (χ4v) is 8.11. The molecule has 0 heterocycles. The molecule has 1 atom stereocenters. The van der Waals surface area contributed by atoms with Gasteiger partial charge in [-0.25, -0.2) is 0 Å². The molecule has 6 heteroatoms. The van der Waals surface area contributed by atoms with Gasteiger partial charge in [0.2, 0.25) is 0 Å². The number of carbonyl (C=O) groups is 3. The zero-order valence-corrected chi connectivity index (χ0v) is 44.9. The first-order chi connectivity index (χ1) is 33.5. The van der Waals surface area contributed by atoms with Crippen LogP contribution in [-0.4, -0.2) is 37.2 Å². The Morgan fingerprint density at radius 2 is 0.574 bits per heavy atom. The van der Waals surface area contributed by atoms with Gasteiger partial charge in [-0.05, 0) is 89.9 Å². The number of hydrogen-bond donors (Lipinski definition) is 0. The van der Waals surface area contributed by atoms with Crippen molar-refractivity contribution in [1.29, 1.82) is 0 Å². The van der Waals surface area contributed by atoms with Crippen LogP contribution >= 0.6 is 0 Å². The highest BCUT2D eigenvalue weighted by molar-refractivity contribution is 5.71. The molecule has 0 aliphatic rings. The standard InChI is InChI=1S/C62H108O6/c1-4-7-10-13-16-18-20-22-24-26-27-28-29-30-31-32-33-34-35-37-38-40-42-44-46-49-52-55-61(64)67-58-59(57-66-60(63)54-51-48-15-12-9-6-3)68-62(65)56-53-50-47-45-43-41-39-36-25-23-21-19-17-14-11-8-5-2/h8,11,17,19-20,22-23,25-27,29-30,59H,4-7,9-10,12-16,18,21,24,28,31-58H2,1-3H3/b11-8-,19-17-,22-20-,25-23-,27-26-,30-29-. The number of rotatable bonds is 52. The van der Waals surface area contributed by atoms with Gasteiger partial charge in [0.15, 0.2) is 6.10 Å². The average molecular weight is 950 g/mol. The molecule has 1 unspecified atom stereocenters. The van der Waals surface area contributed by atoms with Crippen LogP contribution < -0.4 is 0 Å². The molecule has 0 amide bonds. The maximum Gasteiger partial charge on any atom is 0.306 e. The first-order valence-corrected chi connectivity index (χ1v) is 28.9. The molecule has 0 saturated carbocycles. The van der Waals surface area contributed by atoms with Gasteiger partial charge in [0.1, 0.15) is 13.2 Å². The smallest absolute Gasteiger partial charge is 0.306 e. The Morgan fingerprint density at radius 3 is 0.897 bits per heavy atom. The summed E-state index contributed by atoms with van der Waals surface area (Å²) in [6.45, 7) is 6.46. The highest BCUT2D eigenvalue weighted by atomic mass is 16.6. The normalized spacial score (nSPS) is 12.6. The SMILES string of the molecule is CC/C=C\C/C=C\C/C=C\CCCCCCCCCC(=O)OC(COC(=O)CCCCCCCC)COC(=O)CCCCCCCCCCCCCC/C=C\C/C=C\C/C=C\CCCCCCC. The number of esters is 3. The van der Waals surface area contributed by atoms with Crippen LogP contribution in [0, 0.1) is 0 Å². The van der Waals surface area contributed by atoms with Crippen molar-refractivity contribution in [3.05, 3.63) is 72.9 Å². The summed E-state index contributed by atoms with van der Waals surface area (Å²) in [5, 5.41) is 0. The topological polar surface area (TPSA) is 78.9 Å². The molecule has 0 saturated heterocycles. The lowest BCUT2D eigenvalue weighted by atomic mass is 10.0. The molecule has 0 radical (unpaired) electrons. The summed E-state index contributed by atoms with van der Waals surface area (Å²) in [5.74, 6) is -0.894. The number of carbonyl (C=O) groups excluding carboxylic acids is 3. The molecule has 0 fully saturated rings. The Balaban J connectivity index is 4.11.